The molecule has 6 heteroatoms. The molecule has 2 aromatic carbocycles. The zero-order chi connectivity index (χ0) is 14.4. The van der Waals surface area contributed by atoms with Gasteiger partial charge >= 0.3 is 0 Å². The van der Waals surface area contributed by atoms with E-state index in [1.165, 1.54) is 24.6 Å². The van der Waals surface area contributed by atoms with Gasteiger partial charge in [-0.1, -0.05) is 24.3 Å². The Morgan fingerprint density at radius 1 is 1.05 bits per heavy atom. The van der Waals surface area contributed by atoms with Gasteiger partial charge in [0.15, 0.2) is 0 Å². The van der Waals surface area contributed by atoms with E-state index in [-0.39, 0.29) is 11.4 Å². The monoisotopic (exact) mass is 269 g/mol. The highest BCUT2D eigenvalue weighted by molar-refractivity contribution is 5.85. The van der Waals surface area contributed by atoms with E-state index in [9.17, 15) is 15.2 Å². The van der Waals surface area contributed by atoms with Gasteiger partial charge in [0.1, 0.15) is 5.75 Å². The van der Waals surface area contributed by atoms with Crippen molar-refractivity contribution in [3.8, 4) is 5.75 Å². The minimum absolute atomic E-state index is 0.00127. The second-order valence-electron chi connectivity index (χ2n) is 3.90. The molecule has 0 aliphatic rings. The fraction of sp³-hybridized carbons (Fsp3) is 0. The van der Waals surface area contributed by atoms with Gasteiger partial charge in [-0.25, -0.2) is 0 Å². The Bertz CT molecular complexity index is 681. The van der Waals surface area contributed by atoms with E-state index in [1.807, 2.05) is 0 Å². The summed E-state index contributed by atoms with van der Waals surface area (Å²) in [6, 6.07) is 12.8. The summed E-state index contributed by atoms with van der Waals surface area (Å²) in [5, 5.41) is 27.7. The molecular formula is C14H11N3O3. The lowest BCUT2D eigenvalue weighted by molar-refractivity contribution is -0.384. The van der Waals surface area contributed by atoms with Crippen LogP contribution in [-0.2, 0) is 0 Å². The van der Waals surface area contributed by atoms with Crippen LogP contribution in [0.4, 0.5) is 5.69 Å². The van der Waals surface area contributed by atoms with Gasteiger partial charge in [-0.05, 0) is 12.1 Å². The van der Waals surface area contributed by atoms with Crippen molar-refractivity contribution in [3.63, 3.8) is 0 Å². The maximum Gasteiger partial charge on any atom is 0.270 e. The third kappa shape index (κ3) is 3.49. The molecule has 0 saturated carbocycles. The standard InChI is InChI=1S/C14H11N3O3/c18-14-7-2-1-5-12(14)10-16-15-9-11-4-3-6-13(8-11)17(19)20/h1-10,18H/b15-9-,16-10-. The van der Waals surface area contributed by atoms with Crippen LogP contribution in [0.3, 0.4) is 0 Å². The smallest absolute Gasteiger partial charge is 0.270 e. The van der Waals surface area contributed by atoms with Gasteiger partial charge in [0.05, 0.1) is 17.4 Å². The number of aromatic hydroxyl groups is 1. The first-order chi connectivity index (χ1) is 9.66. The lowest BCUT2D eigenvalue weighted by atomic mass is 10.2. The van der Waals surface area contributed by atoms with Crippen molar-refractivity contribution in [2.24, 2.45) is 10.2 Å². The quantitative estimate of drug-likeness (QED) is 0.525. The van der Waals surface area contributed by atoms with Crippen molar-refractivity contribution in [3.05, 3.63) is 69.8 Å². The molecule has 6 nitrogen and oxygen atoms in total. The molecule has 2 rings (SSSR count). The predicted molar refractivity (Wildman–Crippen MR) is 76.4 cm³/mol. The predicted octanol–water partition coefficient (Wildman–Crippen LogP) is 2.75. The lowest BCUT2D eigenvalue weighted by Crippen LogP contribution is -1.89. The Labute approximate surface area is 114 Å². The Morgan fingerprint density at radius 3 is 2.55 bits per heavy atom. The van der Waals surface area contributed by atoms with E-state index in [0.29, 0.717) is 11.1 Å². The van der Waals surface area contributed by atoms with Gasteiger partial charge in [-0.3, -0.25) is 10.1 Å². The van der Waals surface area contributed by atoms with Crippen LogP contribution in [-0.4, -0.2) is 22.5 Å². The van der Waals surface area contributed by atoms with Crippen molar-refractivity contribution >= 4 is 18.1 Å². The molecule has 0 atom stereocenters. The number of hydrogen-bond donors (Lipinski definition) is 1. The van der Waals surface area contributed by atoms with Crippen LogP contribution in [0.15, 0.2) is 58.7 Å². The highest BCUT2D eigenvalue weighted by Gasteiger charge is 2.03. The van der Waals surface area contributed by atoms with Gasteiger partial charge in [0.2, 0.25) is 0 Å². The molecule has 0 aliphatic carbocycles. The van der Waals surface area contributed by atoms with Crippen LogP contribution in [0.25, 0.3) is 0 Å². The summed E-state index contributed by atoms with van der Waals surface area (Å²) >= 11 is 0. The summed E-state index contributed by atoms with van der Waals surface area (Å²) in [5.74, 6) is 0.113. The minimum atomic E-state index is -0.470. The van der Waals surface area contributed by atoms with Crippen molar-refractivity contribution in [1.82, 2.24) is 0 Å². The van der Waals surface area contributed by atoms with Gasteiger partial charge < -0.3 is 5.11 Å². The average Bonchev–Trinajstić information content (AvgIpc) is 2.45. The summed E-state index contributed by atoms with van der Waals surface area (Å²) in [6.07, 6.45) is 2.81. The molecular weight excluding hydrogens is 258 g/mol. The first-order valence-electron chi connectivity index (χ1n) is 5.75. The summed E-state index contributed by atoms with van der Waals surface area (Å²) in [7, 11) is 0. The lowest BCUT2D eigenvalue weighted by Gasteiger charge is -1.95. The molecule has 0 amide bonds. The summed E-state index contributed by atoms with van der Waals surface area (Å²) in [5.41, 5.74) is 1.12. The molecule has 0 radical (unpaired) electrons. The molecule has 0 saturated heterocycles. The number of rotatable bonds is 4. The third-order valence-corrected chi connectivity index (χ3v) is 2.49. The molecule has 2 aromatic rings. The Balaban J connectivity index is 2.09. The normalized spacial score (nSPS) is 11.2. The Morgan fingerprint density at radius 2 is 1.80 bits per heavy atom. The first-order valence-corrected chi connectivity index (χ1v) is 5.75. The zero-order valence-electron chi connectivity index (χ0n) is 10.4. The molecule has 0 spiro atoms. The molecule has 0 heterocycles. The van der Waals surface area contributed by atoms with Crippen LogP contribution in [0.1, 0.15) is 11.1 Å². The van der Waals surface area contributed by atoms with Crippen LogP contribution >= 0.6 is 0 Å². The molecule has 0 fully saturated rings. The molecule has 0 bridgehead atoms. The van der Waals surface area contributed by atoms with E-state index in [0.717, 1.165) is 0 Å². The number of benzene rings is 2. The topological polar surface area (TPSA) is 88.1 Å². The maximum atomic E-state index is 10.6. The van der Waals surface area contributed by atoms with E-state index >= 15 is 0 Å². The number of hydrogen-bond acceptors (Lipinski definition) is 5. The van der Waals surface area contributed by atoms with Crippen LogP contribution in [0.2, 0.25) is 0 Å². The highest BCUT2D eigenvalue weighted by Crippen LogP contribution is 2.13. The molecule has 20 heavy (non-hydrogen) atoms. The Hall–Kier alpha value is -3.02. The minimum Gasteiger partial charge on any atom is -0.507 e. The zero-order valence-corrected chi connectivity index (χ0v) is 10.4. The average molecular weight is 269 g/mol. The Kier molecular flexibility index (Phi) is 4.18. The third-order valence-electron chi connectivity index (χ3n) is 2.49. The molecule has 1 N–H and O–H groups in total. The number of nitro groups is 1. The second kappa shape index (κ2) is 6.24. The number of nitro benzene ring substituents is 1. The fourth-order valence-corrected chi connectivity index (χ4v) is 1.51. The SMILES string of the molecule is O=[N+]([O-])c1cccc(/C=N\N=C/c2ccccc2O)c1. The molecule has 0 unspecified atom stereocenters. The van der Waals surface area contributed by atoms with Crippen LogP contribution < -0.4 is 0 Å². The van der Waals surface area contributed by atoms with E-state index < -0.39 is 4.92 Å². The number of nitrogens with zero attached hydrogens (tertiary/aromatic N) is 3. The summed E-state index contributed by atoms with van der Waals surface area (Å²) < 4.78 is 0. The van der Waals surface area contributed by atoms with Crippen LogP contribution in [0, 0.1) is 10.1 Å². The molecule has 100 valence electrons. The van der Waals surface area contributed by atoms with Gasteiger partial charge in [-0.2, -0.15) is 10.2 Å². The van der Waals surface area contributed by atoms with Crippen molar-refractivity contribution < 1.29 is 10.0 Å². The van der Waals surface area contributed by atoms with Crippen LogP contribution in [0.5, 0.6) is 5.75 Å². The van der Waals surface area contributed by atoms with Crippen molar-refractivity contribution in [2.75, 3.05) is 0 Å². The second-order valence-corrected chi connectivity index (χ2v) is 3.90. The van der Waals surface area contributed by atoms with Gasteiger partial charge in [-0.15, -0.1) is 0 Å². The first kappa shape index (κ1) is 13.4. The number of phenols is 1. The fourth-order valence-electron chi connectivity index (χ4n) is 1.51. The number of non-ortho nitro benzene ring substituents is 1. The van der Waals surface area contributed by atoms with E-state index in [4.69, 9.17) is 0 Å². The highest BCUT2D eigenvalue weighted by atomic mass is 16.6. The molecule has 0 aliphatic heterocycles. The van der Waals surface area contributed by atoms with E-state index in [1.54, 1.807) is 36.4 Å². The number of para-hydroxylation sites is 1. The van der Waals surface area contributed by atoms with Crippen molar-refractivity contribution in [1.29, 1.82) is 0 Å². The molecule has 0 aromatic heterocycles. The largest absolute Gasteiger partial charge is 0.507 e. The summed E-state index contributed by atoms with van der Waals surface area (Å²) in [6.45, 7) is 0. The van der Waals surface area contributed by atoms with E-state index in [2.05, 4.69) is 10.2 Å². The number of phenolic OH excluding ortho intramolecular Hbond substituents is 1. The van der Waals surface area contributed by atoms with Gasteiger partial charge in [0.25, 0.3) is 5.69 Å². The van der Waals surface area contributed by atoms with Gasteiger partial charge in [0, 0.05) is 23.3 Å². The van der Waals surface area contributed by atoms with Crippen molar-refractivity contribution in [2.45, 2.75) is 0 Å². The maximum absolute atomic E-state index is 10.6. The summed E-state index contributed by atoms with van der Waals surface area (Å²) in [4.78, 5) is 10.1.